The van der Waals surface area contributed by atoms with Crippen molar-refractivity contribution >= 4 is 35.0 Å². The van der Waals surface area contributed by atoms with Gasteiger partial charge in [-0.15, -0.1) is 0 Å². The van der Waals surface area contributed by atoms with E-state index >= 15 is 0 Å². The van der Waals surface area contributed by atoms with Crippen LogP contribution in [0.3, 0.4) is 0 Å². The summed E-state index contributed by atoms with van der Waals surface area (Å²) < 4.78 is 0. The number of carbonyl (C=O) groups excluding carboxylic acids is 1. The molecule has 3 nitrogen and oxygen atoms in total. The molecule has 2 rings (SSSR count). The molecule has 0 saturated heterocycles. The number of nitrogens with two attached hydrogens (primary N) is 1. The van der Waals surface area contributed by atoms with Crippen molar-refractivity contribution in [3.63, 3.8) is 0 Å². The van der Waals surface area contributed by atoms with Gasteiger partial charge in [0.1, 0.15) is 0 Å². The van der Waals surface area contributed by atoms with E-state index in [0.29, 0.717) is 0 Å². The van der Waals surface area contributed by atoms with Gasteiger partial charge < -0.3 is 11.1 Å². The molecule has 20 heavy (non-hydrogen) atoms. The summed E-state index contributed by atoms with van der Waals surface area (Å²) in [6, 6.07) is 14.7. The molecule has 2 aromatic carbocycles. The van der Waals surface area contributed by atoms with Gasteiger partial charge in [0.05, 0.1) is 11.1 Å². The maximum Gasteiger partial charge on any atom is 0.240 e. The van der Waals surface area contributed by atoms with Crippen molar-refractivity contribution < 1.29 is 4.79 Å². The zero-order valence-corrected chi connectivity index (χ0v) is 12.5. The summed E-state index contributed by atoms with van der Waals surface area (Å²) in [5, 5.41) is 3.47. The molecule has 0 aliphatic carbocycles. The molecule has 3 N–H and O–H groups in total. The van der Waals surface area contributed by atoms with Gasteiger partial charge in [0.25, 0.3) is 0 Å². The van der Waals surface area contributed by atoms with Crippen LogP contribution >= 0.6 is 23.4 Å². The molecule has 2 aromatic rings. The Bertz CT molecular complexity index is 599. The third kappa shape index (κ3) is 4.00. The lowest BCUT2D eigenvalue weighted by atomic mass is 10.3. The fourth-order valence-electron chi connectivity index (χ4n) is 1.52. The molecule has 0 fully saturated rings. The Labute approximate surface area is 127 Å². The van der Waals surface area contributed by atoms with Gasteiger partial charge in [-0.2, -0.15) is 0 Å². The van der Waals surface area contributed by atoms with Crippen molar-refractivity contribution in [3.8, 4) is 0 Å². The SMILES string of the molecule is CC(N)C(=O)Nc1ccc(Sc2ccccc2Cl)cc1. The average molecular weight is 307 g/mol. The molecule has 0 saturated carbocycles. The Kier molecular flexibility index (Phi) is 5.06. The normalized spacial score (nSPS) is 11.9. The van der Waals surface area contributed by atoms with Gasteiger partial charge in [0.2, 0.25) is 5.91 Å². The van der Waals surface area contributed by atoms with E-state index in [9.17, 15) is 4.79 Å². The summed E-state index contributed by atoms with van der Waals surface area (Å²) in [7, 11) is 0. The van der Waals surface area contributed by atoms with Crippen LogP contribution in [0.4, 0.5) is 5.69 Å². The van der Waals surface area contributed by atoms with Crippen LogP contribution in [0.15, 0.2) is 58.3 Å². The molecule has 0 aromatic heterocycles. The maximum atomic E-state index is 11.5. The van der Waals surface area contributed by atoms with Crippen LogP contribution in [0.2, 0.25) is 5.02 Å². The Hall–Kier alpha value is -1.49. The molecule has 0 spiro atoms. The van der Waals surface area contributed by atoms with Crippen LogP contribution in [-0.2, 0) is 4.79 Å². The van der Waals surface area contributed by atoms with Crippen LogP contribution in [0, 0.1) is 0 Å². The number of halogens is 1. The molecular formula is C15H15ClN2OS. The predicted molar refractivity (Wildman–Crippen MR) is 84.3 cm³/mol. The number of hydrogen-bond donors (Lipinski definition) is 2. The van der Waals surface area contributed by atoms with Crippen molar-refractivity contribution in [1.29, 1.82) is 0 Å². The molecular weight excluding hydrogens is 292 g/mol. The molecule has 0 aliphatic rings. The number of rotatable bonds is 4. The number of hydrogen-bond acceptors (Lipinski definition) is 3. The Morgan fingerprint density at radius 3 is 2.45 bits per heavy atom. The smallest absolute Gasteiger partial charge is 0.240 e. The van der Waals surface area contributed by atoms with Gasteiger partial charge in [-0.05, 0) is 43.3 Å². The molecule has 0 bridgehead atoms. The summed E-state index contributed by atoms with van der Waals surface area (Å²) in [6.07, 6.45) is 0. The van der Waals surface area contributed by atoms with E-state index in [2.05, 4.69) is 5.32 Å². The minimum atomic E-state index is -0.521. The van der Waals surface area contributed by atoms with E-state index in [4.69, 9.17) is 17.3 Å². The van der Waals surface area contributed by atoms with Gasteiger partial charge in [-0.1, -0.05) is 35.5 Å². The topological polar surface area (TPSA) is 55.1 Å². The van der Waals surface area contributed by atoms with Crippen molar-refractivity contribution in [3.05, 3.63) is 53.6 Å². The highest BCUT2D eigenvalue weighted by Gasteiger charge is 2.07. The number of anilines is 1. The average Bonchev–Trinajstić information content (AvgIpc) is 2.43. The van der Waals surface area contributed by atoms with Crippen molar-refractivity contribution in [2.45, 2.75) is 22.8 Å². The second kappa shape index (κ2) is 6.79. The summed E-state index contributed by atoms with van der Waals surface area (Å²) in [4.78, 5) is 13.5. The number of carbonyl (C=O) groups is 1. The third-order valence-corrected chi connectivity index (χ3v) is 4.13. The second-order valence-electron chi connectivity index (χ2n) is 4.33. The van der Waals surface area contributed by atoms with Gasteiger partial charge in [0, 0.05) is 15.5 Å². The third-order valence-electron chi connectivity index (χ3n) is 2.60. The number of nitrogens with one attached hydrogen (secondary N) is 1. The summed E-state index contributed by atoms with van der Waals surface area (Å²) >= 11 is 7.70. The Morgan fingerprint density at radius 1 is 1.20 bits per heavy atom. The summed E-state index contributed by atoms with van der Waals surface area (Å²) in [6.45, 7) is 1.65. The van der Waals surface area contributed by atoms with Gasteiger partial charge in [0.15, 0.2) is 0 Å². The first-order valence-corrected chi connectivity index (χ1v) is 7.34. The minimum absolute atomic E-state index is 0.198. The molecule has 1 amide bonds. The molecule has 1 unspecified atom stereocenters. The highest BCUT2D eigenvalue weighted by atomic mass is 35.5. The zero-order chi connectivity index (χ0) is 14.5. The lowest BCUT2D eigenvalue weighted by Crippen LogP contribution is -2.32. The van der Waals surface area contributed by atoms with Crippen LogP contribution in [0.25, 0.3) is 0 Å². The lowest BCUT2D eigenvalue weighted by molar-refractivity contribution is -0.117. The standard InChI is InChI=1S/C15H15ClN2OS/c1-10(17)15(19)18-11-6-8-12(9-7-11)20-14-5-3-2-4-13(14)16/h2-10H,17H2,1H3,(H,18,19). The van der Waals surface area contributed by atoms with E-state index in [1.54, 1.807) is 18.7 Å². The number of amides is 1. The predicted octanol–water partition coefficient (Wildman–Crippen LogP) is 3.78. The molecule has 0 aliphatic heterocycles. The highest BCUT2D eigenvalue weighted by molar-refractivity contribution is 7.99. The first-order valence-electron chi connectivity index (χ1n) is 6.15. The van der Waals surface area contributed by atoms with E-state index in [1.165, 1.54) is 0 Å². The van der Waals surface area contributed by atoms with Crippen LogP contribution in [0.5, 0.6) is 0 Å². The van der Waals surface area contributed by atoms with Gasteiger partial charge in [-0.25, -0.2) is 0 Å². The summed E-state index contributed by atoms with van der Waals surface area (Å²) in [5.41, 5.74) is 6.23. The fourth-order valence-corrected chi connectivity index (χ4v) is 2.61. The van der Waals surface area contributed by atoms with Gasteiger partial charge >= 0.3 is 0 Å². The van der Waals surface area contributed by atoms with Crippen molar-refractivity contribution in [2.75, 3.05) is 5.32 Å². The van der Waals surface area contributed by atoms with E-state index in [1.807, 2.05) is 48.5 Å². The van der Waals surface area contributed by atoms with Crippen LogP contribution in [0.1, 0.15) is 6.92 Å². The molecule has 5 heteroatoms. The first-order chi connectivity index (χ1) is 9.56. The van der Waals surface area contributed by atoms with Crippen LogP contribution in [-0.4, -0.2) is 11.9 Å². The van der Waals surface area contributed by atoms with Crippen molar-refractivity contribution in [2.24, 2.45) is 5.73 Å². The van der Waals surface area contributed by atoms with E-state index in [0.717, 1.165) is 20.5 Å². The molecule has 0 heterocycles. The fraction of sp³-hybridized carbons (Fsp3) is 0.133. The minimum Gasteiger partial charge on any atom is -0.325 e. The molecule has 0 radical (unpaired) electrons. The molecule has 104 valence electrons. The number of benzene rings is 2. The second-order valence-corrected chi connectivity index (χ2v) is 5.86. The van der Waals surface area contributed by atoms with Crippen molar-refractivity contribution in [1.82, 2.24) is 0 Å². The molecule has 1 atom stereocenters. The quantitative estimate of drug-likeness (QED) is 0.904. The highest BCUT2D eigenvalue weighted by Crippen LogP contribution is 2.33. The Morgan fingerprint density at radius 2 is 1.85 bits per heavy atom. The Balaban J connectivity index is 2.05. The van der Waals surface area contributed by atoms with E-state index < -0.39 is 6.04 Å². The maximum absolute atomic E-state index is 11.5. The van der Waals surface area contributed by atoms with Gasteiger partial charge in [-0.3, -0.25) is 4.79 Å². The van der Waals surface area contributed by atoms with E-state index in [-0.39, 0.29) is 5.91 Å². The lowest BCUT2D eigenvalue weighted by Gasteiger charge is -2.08. The summed E-state index contributed by atoms with van der Waals surface area (Å²) in [5.74, 6) is -0.198. The van der Waals surface area contributed by atoms with Crippen LogP contribution < -0.4 is 11.1 Å². The first kappa shape index (κ1) is 14.9. The monoisotopic (exact) mass is 306 g/mol. The largest absolute Gasteiger partial charge is 0.325 e. The zero-order valence-electron chi connectivity index (χ0n) is 11.0.